The van der Waals surface area contributed by atoms with Crippen molar-refractivity contribution >= 4 is 5.91 Å². The van der Waals surface area contributed by atoms with Crippen LogP contribution >= 0.6 is 0 Å². The standard InChI is InChI=1S/C13H18N4O2/c18-12-8-11(14-9-15-12)13(19)17-6-4-16(5-7-17)10-2-1-3-10/h8-10H,1-7H2,(H,14,15,18). The van der Waals surface area contributed by atoms with Crippen molar-refractivity contribution in [3.8, 4) is 0 Å². The summed E-state index contributed by atoms with van der Waals surface area (Å²) in [6, 6.07) is 2.00. The molecule has 2 aliphatic rings. The Morgan fingerprint density at radius 2 is 2.00 bits per heavy atom. The Kier molecular flexibility index (Phi) is 3.33. The van der Waals surface area contributed by atoms with Crippen LogP contribution in [0.2, 0.25) is 0 Å². The second kappa shape index (κ2) is 5.13. The zero-order valence-corrected chi connectivity index (χ0v) is 10.8. The highest BCUT2D eigenvalue weighted by molar-refractivity contribution is 5.92. The first-order valence-electron chi connectivity index (χ1n) is 6.82. The number of hydrogen-bond donors (Lipinski definition) is 1. The smallest absolute Gasteiger partial charge is 0.272 e. The van der Waals surface area contributed by atoms with Crippen LogP contribution in [0.25, 0.3) is 0 Å². The van der Waals surface area contributed by atoms with Crippen LogP contribution in [0.5, 0.6) is 0 Å². The number of carbonyl (C=O) groups excluding carboxylic acids is 1. The predicted molar refractivity (Wildman–Crippen MR) is 70.0 cm³/mol. The number of amides is 1. The molecular weight excluding hydrogens is 244 g/mol. The molecule has 1 amide bonds. The van der Waals surface area contributed by atoms with Crippen molar-refractivity contribution in [2.75, 3.05) is 26.2 Å². The molecule has 19 heavy (non-hydrogen) atoms. The number of H-pyrrole nitrogens is 1. The van der Waals surface area contributed by atoms with Gasteiger partial charge in [-0.1, -0.05) is 6.42 Å². The Hall–Kier alpha value is -1.69. The highest BCUT2D eigenvalue weighted by Gasteiger charge is 2.29. The summed E-state index contributed by atoms with van der Waals surface area (Å²) in [4.78, 5) is 34.0. The zero-order chi connectivity index (χ0) is 13.2. The van der Waals surface area contributed by atoms with E-state index in [-0.39, 0.29) is 17.2 Å². The lowest BCUT2D eigenvalue weighted by molar-refractivity contribution is 0.0451. The number of hydrogen-bond acceptors (Lipinski definition) is 4. The summed E-state index contributed by atoms with van der Waals surface area (Å²) in [5.74, 6) is -0.139. The van der Waals surface area contributed by atoms with Crippen molar-refractivity contribution in [2.45, 2.75) is 25.3 Å². The maximum Gasteiger partial charge on any atom is 0.272 e. The number of piperazine rings is 1. The first-order valence-corrected chi connectivity index (χ1v) is 6.82. The van der Waals surface area contributed by atoms with Gasteiger partial charge >= 0.3 is 0 Å². The van der Waals surface area contributed by atoms with Crippen molar-refractivity contribution in [1.82, 2.24) is 19.8 Å². The van der Waals surface area contributed by atoms with Gasteiger partial charge in [0.05, 0.1) is 6.33 Å². The molecule has 1 saturated carbocycles. The van der Waals surface area contributed by atoms with E-state index in [1.54, 1.807) is 4.90 Å². The summed E-state index contributed by atoms with van der Waals surface area (Å²) >= 11 is 0. The Morgan fingerprint density at radius 1 is 1.26 bits per heavy atom. The van der Waals surface area contributed by atoms with E-state index < -0.39 is 0 Å². The molecule has 1 N–H and O–H groups in total. The summed E-state index contributed by atoms with van der Waals surface area (Å²) in [6.07, 6.45) is 5.20. The van der Waals surface area contributed by atoms with Gasteiger partial charge in [-0.25, -0.2) is 4.98 Å². The van der Waals surface area contributed by atoms with E-state index in [1.165, 1.54) is 31.7 Å². The van der Waals surface area contributed by atoms with Gasteiger partial charge < -0.3 is 9.88 Å². The summed E-state index contributed by atoms with van der Waals surface area (Å²) in [6.45, 7) is 3.31. The van der Waals surface area contributed by atoms with Crippen LogP contribution in [0.4, 0.5) is 0 Å². The Bertz CT molecular complexity index is 515. The fraction of sp³-hybridized carbons (Fsp3) is 0.615. The van der Waals surface area contributed by atoms with Gasteiger partial charge in [0.15, 0.2) is 0 Å². The van der Waals surface area contributed by atoms with Crippen molar-refractivity contribution in [1.29, 1.82) is 0 Å². The van der Waals surface area contributed by atoms with Crippen LogP contribution in [-0.4, -0.2) is 57.9 Å². The van der Waals surface area contributed by atoms with E-state index in [0.29, 0.717) is 0 Å². The van der Waals surface area contributed by atoms with Gasteiger partial charge in [0.1, 0.15) is 5.69 Å². The average Bonchev–Trinajstić information content (AvgIpc) is 2.37. The topological polar surface area (TPSA) is 69.3 Å². The maximum atomic E-state index is 12.2. The quantitative estimate of drug-likeness (QED) is 0.819. The molecule has 0 radical (unpaired) electrons. The van der Waals surface area contributed by atoms with Gasteiger partial charge in [-0.15, -0.1) is 0 Å². The normalized spacial score (nSPS) is 21.2. The number of nitrogens with zero attached hydrogens (tertiary/aromatic N) is 3. The second-order valence-corrected chi connectivity index (χ2v) is 5.21. The summed E-state index contributed by atoms with van der Waals surface area (Å²) < 4.78 is 0. The van der Waals surface area contributed by atoms with Crippen LogP contribution in [-0.2, 0) is 0 Å². The number of aromatic amines is 1. The van der Waals surface area contributed by atoms with Crippen LogP contribution in [0.3, 0.4) is 0 Å². The summed E-state index contributed by atoms with van der Waals surface area (Å²) in [5.41, 5.74) is -0.0488. The SMILES string of the molecule is O=C(c1cc(=O)[nH]cn1)N1CCN(C2CCC2)CC1. The van der Waals surface area contributed by atoms with Gasteiger partial charge in [-0.2, -0.15) is 0 Å². The molecule has 0 spiro atoms. The first kappa shape index (κ1) is 12.3. The monoisotopic (exact) mass is 262 g/mol. The Morgan fingerprint density at radius 3 is 2.58 bits per heavy atom. The van der Waals surface area contributed by atoms with Gasteiger partial charge in [-0.3, -0.25) is 14.5 Å². The molecule has 6 nitrogen and oxygen atoms in total. The molecule has 1 aromatic heterocycles. The van der Waals surface area contributed by atoms with E-state index in [4.69, 9.17) is 0 Å². The van der Waals surface area contributed by atoms with Crippen LogP contribution < -0.4 is 5.56 Å². The minimum absolute atomic E-state index is 0.139. The number of carbonyl (C=O) groups is 1. The molecule has 0 unspecified atom stereocenters. The number of aromatic nitrogens is 2. The number of nitrogens with one attached hydrogen (secondary N) is 1. The lowest BCUT2D eigenvalue weighted by Gasteiger charge is -2.42. The molecule has 2 fully saturated rings. The molecule has 2 heterocycles. The van der Waals surface area contributed by atoms with Gasteiger partial charge in [0.2, 0.25) is 0 Å². The van der Waals surface area contributed by atoms with Crippen LogP contribution in [0.15, 0.2) is 17.2 Å². The van der Waals surface area contributed by atoms with Crippen molar-refractivity contribution < 1.29 is 4.79 Å². The molecule has 3 rings (SSSR count). The van der Waals surface area contributed by atoms with Gasteiger partial charge in [-0.05, 0) is 12.8 Å². The molecule has 1 saturated heterocycles. The summed E-state index contributed by atoms with van der Waals surface area (Å²) in [5, 5.41) is 0. The van der Waals surface area contributed by atoms with E-state index >= 15 is 0 Å². The minimum Gasteiger partial charge on any atom is -0.335 e. The Balaban J connectivity index is 1.61. The first-order chi connectivity index (χ1) is 9.24. The molecule has 1 aliphatic heterocycles. The minimum atomic E-state index is -0.286. The molecule has 0 aromatic carbocycles. The lowest BCUT2D eigenvalue weighted by atomic mass is 9.91. The van der Waals surface area contributed by atoms with E-state index in [2.05, 4.69) is 14.9 Å². The van der Waals surface area contributed by atoms with E-state index in [0.717, 1.165) is 32.2 Å². The molecule has 1 aliphatic carbocycles. The second-order valence-electron chi connectivity index (χ2n) is 5.21. The third-order valence-electron chi connectivity index (χ3n) is 4.09. The molecular formula is C13H18N4O2. The lowest BCUT2D eigenvalue weighted by Crippen LogP contribution is -2.53. The van der Waals surface area contributed by atoms with Crippen molar-refractivity contribution in [3.05, 3.63) is 28.4 Å². The maximum absolute atomic E-state index is 12.2. The number of rotatable bonds is 2. The molecule has 1 aromatic rings. The van der Waals surface area contributed by atoms with Crippen molar-refractivity contribution in [3.63, 3.8) is 0 Å². The van der Waals surface area contributed by atoms with Gasteiger partial charge in [0, 0.05) is 38.3 Å². The van der Waals surface area contributed by atoms with Crippen molar-refractivity contribution in [2.24, 2.45) is 0 Å². The van der Waals surface area contributed by atoms with Crippen LogP contribution in [0, 0.1) is 0 Å². The van der Waals surface area contributed by atoms with E-state index in [9.17, 15) is 9.59 Å². The van der Waals surface area contributed by atoms with Gasteiger partial charge in [0.25, 0.3) is 11.5 Å². The van der Waals surface area contributed by atoms with Crippen LogP contribution in [0.1, 0.15) is 29.8 Å². The Labute approximate surface area is 111 Å². The molecule has 0 atom stereocenters. The fourth-order valence-electron chi connectivity index (χ4n) is 2.69. The highest BCUT2D eigenvalue weighted by atomic mass is 16.2. The third kappa shape index (κ3) is 2.53. The molecule has 102 valence electrons. The predicted octanol–water partition coefficient (Wildman–Crippen LogP) is 0.0802. The molecule has 6 heteroatoms. The fourth-order valence-corrected chi connectivity index (χ4v) is 2.69. The molecule has 0 bridgehead atoms. The zero-order valence-electron chi connectivity index (χ0n) is 10.8. The van der Waals surface area contributed by atoms with E-state index in [1.807, 2.05) is 0 Å². The average molecular weight is 262 g/mol. The largest absolute Gasteiger partial charge is 0.335 e. The highest BCUT2D eigenvalue weighted by Crippen LogP contribution is 2.25. The third-order valence-corrected chi connectivity index (χ3v) is 4.09. The summed E-state index contributed by atoms with van der Waals surface area (Å²) in [7, 11) is 0.